The zero-order valence-corrected chi connectivity index (χ0v) is 8.31. The highest BCUT2D eigenvalue weighted by Crippen LogP contribution is 2.17. The number of hydrogen-bond donors (Lipinski definition) is 0. The van der Waals surface area contributed by atoms with Crippen molar-refractivity contribution < 1.29 is 4.74 Å². The molecule has 0 aromatic heterocycles. The summed E-state index contributed by atoms with van der Waals surface area (Å²) in [5.74, 6) is 0.940. The molecule has 0 radical (unpaired) electrons. The molecule has 1 aromatic carbocycles. The molecule has 1 aliphatic carbocycles. The van der Waals surface area contributed by atoms with Crippen LogP contribution >= 0.6 is 0 Å². The molecule has 1 aliphatic rings. The number of allylic oxidation sites excluding steroid dienone is 2. The van der Waals surface area contributed by atoms with Crippen LogP contribution in [0.2, 0.25) is 0 Å². The van der Waals surface area contributed by atoms with Gasteiger partial charge in [-0.05, 0) is 25.1 Å². The van der Waals surface area contributed by atoms with Crippen molar-refractivity contribution in [2.45, 2.75) is 19.4 Å². The largest absolute Gasteiger partial charge is 0.486 e. The lowest BCUT2D eigenvalue weighted by atomic mass is 10.1. The molecular formula is C13H14O. The second-order valence-corrected chi connectivity index (χ2v) is 3.51. The third-order valence-corrected chi connectivity index (χ3v) is 2.28. The van der Waals surface area contributed by atoms with Crippen LogP contribution in [0.4, 0.5) is 0 Å². The number of rotatable bonds is 2. The minimum atomic E-state index is 0.195. The summed E-state index contributed by atoms with van der Waals surface area (Å²) in [5.41, 5.74) is 1.32. The highest BCUT2D eigenvalue weighted by atomic mass is 16.5. The van der Waals surface area contributed by atoms with Crippen molar-refractivity contribution >= 4 is 0 Å². The third-order valence-electron chi connectivity index (χ3n) is 2.28. The molecule has 0 aliphatic heterocycles. The lowest BCUT2D eigenvalue weighted by Gasteiger charge is -2.16. The van der Waals surface area contributed by atoms with Crippen LogP contribution in [0.3, 0.4) is 0 Å². The Hall–Kier alpha value is -1.50. The molecule has 0 N–H and O–H groups in total. The molecule has 1 atom stereocenters. The number of hydrogen-bond acceptors (Lipinski definition) is 1. The normalized spacial score (nSPS) is 20.4. The summed E-state index contributed by atoms with van der Waals surface area (Å²) < 4.78 is 5.77. The zero-order valence-electron chi connectivity index (χ0n) is 8.31. The molecule has 1 heteroatoms. The topological polar surface area (TPSA) is 9.23 Å². The fourth-order valence-corrected chi connectivity index (χ4v) is 1.47. The van der Waals surface area contributed by atoms with E-state index in [0.29, 0.717) is 0 Å². The maximum atomic E-state index is 5.77. The van der Waals surface area contributed by atoms with E-state index in [9.17, 15) is 0 Å². The standard InChI is InChI=1S/C13H14O/c1-11-7-9-13(10-8-11)14-12-5-3-2-4-6-12/h2-9,13H,10H2,1H3. The van der Waals surface area contributed by atoms with E-state index >= 15 is 0 Å². The molecule has 0 saturated heterocycles. The smallest absolute Gasteiger partial charge is 0.121 e. The molecule has 2 rings (SSSR count). The Kier molecular flexibility index (Phi) is 2.68. The van der Waals surface area contributed by atoms with E-state index < -0.39 is 0 Å². The molecule has 0 fully saturated rings. The van der Waals surface area contributed by atoms with Gasteiger partial charge in [-0.25, -0.2) is 0 Å². The highest BCUT2D eigenvalue weighted by Gasteiger charge is 2.07. The van der Waals surface area contributed by atoms with E-state index in [0.717, 1.165) is 12.2 Å². The van der Waals surface area contributed by atoms with E-state index in [4.69, 9.17) is 4.74 Å². The van der Waals surface area contributed by atoms with Gasteiger partial charge in [-0.1, -0.05) is 35.9 Å². The summed E-state index contributed by atoms with van der Waals surface area (Å²) in [7, 11) is 0. The van der Waals surface area contributed by atoms with Gasteiger partial charge in [0.15, 0.2) is 0 Å². The molecule has 14 heavy (non-hydrogen) atoms. The molecule has 0 bridgehead atoms. The Labute approximate surface area is 84.7 Å². The minimum absolute atomic E-state index is 0.195. The predicted octanol–water partition coefficient (Wildman–Crippen LogP) is 3.34. The first-order chi connectivity index (χ1) is 6.84. The molecule has 1 nitrogen and oxygen atoms in total. The average molecular weight is 186 g/mol. The van der Waals surface area contributed by atoms with Crippen molar-refractivity contribution in [3.8, 4) is 5.75 Å². The maximum absolute atomic E-state index is 5.77. The van der Waals surface area contributed by atoms with E-state index in [-0.39, 0.29) is 6.10 Å². The Bertz CT molecular complexity index is 349. The van der Waals surface area contributed by atoms with Crippen LogP contribution in [-0.4, -0.2) is 6.10 Å². The Morgan fingerprint density at radius 1 is 1.21 bits per heavy atom. The summed E-state index contributed by atoms with van der Waals surface area (Å²) in [6, 6.07) is 9.94. The van der Waals surface area contributed by atoms with Gasteiger partial charge in [-0.15, -0.1) is 0 Å². The van der Waals surface area contributed by atoms with Gasteiger partial charge >= 0.3 is 0 Å². The SMILES string of the molecule is CC1=CCC(Oc2ccccc2)C=C1. The molecule has 72 valence electrons. The molecule has 0 spiro atoms. The Morgan fingerprint density at radius 2 is 2.00 bits per heavy atom. The van der Waals surface area contributed by atoms with Crippen molar-refractivity contribution in [2.24, 2.45) is 0 Å². The van der Waals surface area contributed by atoms with Crippen LogP contribution in [0.1, 0.15) is 13.3 Å². The molecule has 1 unspecified atom stereocenters. The number of benzene rings is 1. The van der Waals surface area contributed by atoms with E-state index in [1.165, 1.54) is 5.57 Å². The molecular weight excluding hydrogens is 172 g/mol. The molecule has 1 aromatic rings. The van der Waals surface area contributed by atoms with Gasteiger partial charge < -0.3 is 4.74 Å². The van der Waals surface area contributed by atoms with Crippen LogP contribution < -0.4 is 4.74 Å². The first-order valence-electron chi connectivity index (χ1n) is 4.91. The quantitative estimate of drug-likeness (QED) is 0.688. The van der Waals surface area contributed by atoms with Crippen LogP contribution in [0.15, 0.2) is 54.1 Å². The molecule has 0 heterocycles. The van der Waals surface area contributed by atoms with Crippen LogP contribution in [-0.2, 0) is 0 Å². The van der Waals surface area contributed by atoms with Crippen molar-refractivity contribution in [3.05, 3.63) is 54.1 Å². The summed E-state index contributed by atoms with van der Waals surface area (Å²) in [6.07, 6.45) is 7.59. The highest BCUT2D eigenvalue weighted by molar-refractivity contribution is 5.26. The summed E-state index contributed by atoms with van der Waals surface area (Å²) in [4.78, 5) is 0. The maximum Gasteiger partial charge on any atom is 0.121 e. The lowest BCUT2D eigenvalue weighted by molar-refractivity contribution is 0.251. The predicted molar refractivity (Wildman–Crippen MR) is 58.4 cm³/mol. The summed E-state index contributed by atoms with van der Waals surface area (Å²) >= 11 is 0. The number of ether oxygens (including phenoxy) is 1. The van der Waals surface area contributed by atoms with Gasteiger partial charge in [0.1, 0.15) is 11.9 Å². The van der Waals surface area contributed by atoms with Crippen molar-refractivity contribution in [1.82, 2.24) is 0 Å². The second-order valence-electron chi connectivity index (χ2n) is 3.51. The van der Waals surface area contributed by atoms with Gasteiger partial charge in [-0.3, -0.25) is 0 Å². The zero-order chi connectivity index (χ0) is 9.80. The van der Waals surface area contributed by atoms with Crippen LogP contribution in [0.5, 0.6) is 5.75 Å². The fourth-order valence-electron chi connectivity index (χ4n) is 1.47. The van der Waals surface area contributed by atoms with Crippen LogP contribution in [0, 0.1) is 0 Å². The summed E-state index contributed by atoms with van der Waals surface area (Å²) in [6.45, 7) is 2.11. The lowest BCUT2D eigenvalue weighted by Crippen LogP contribution is -2.14. The van der Waals surface area contributed by atoms with Crippen molar-refractivity contribution in [2.75, 3.05) is 0 Å². The van der Waals surface area contributed by atoms with Crippen LogP contribution in [0.25, 0.3) is 0 Å². The van der Waals surface area contributed by atoms with Gasteiger partial charge in [-0.2, -0.15) is 0 Å². The van der Waals surface area contributed by atoms with Gasteiger partial charge in [0, 0.05) is 6.42 Å². The average Bonchev–Trinajstić information content (AvgIpc) is 2.23. The third kappa shape index (κ3) is 2.25. The Morgan fingerprint density at radius 3 is 2.64 bits per heavy atom. The molecule has 0 saturated carbocycles. The van der Waals surface area contributed by atoms with E-state index in [1.807, 2.05) is 30.3 Å². The van der Waals surface area contributed by atoms with Gasteiger partial charge in [0.05, 0.1) is 0 Å². The Balaban J connectivity index is 1.98. The van der Waals surface area contributed by atoms with Crippen molar-refractivity contribution in [1.29, 1.82) is 0 Å². The molecule has 0 amide bonds. The van der Waals surface area contributed by atoms with Gasteiger partial charge in [0.2, 0.25) is 0 Å². The van der Waals surface area contributed by atoms with E-state index in [2.05, 4.69) is 25.2 Å². The fraction of sp³-hybridized carbons (Fsp3) is 0.231. The number of para-hydroxylation sites is 1. The monoisotopic (exact) mass is 186 g/mol. The first kappa shape index (κ1) is 9.07. The van der Waals surface area contributed by atoms with Crippen molar-refractivity contribution in [3.63, 3.8) is 0 Å². The summed E-state index contributed by atoms with van der Waals surface area (Å²) in [5, 5.41) is 0. The second kappa shape index (κ2) is 4.14. The first-order valence-corrected chi connectivity index (χ1v) is 4.91. The van der Waals surface area contributed by atoms with Gasteiger partial charge in [0.25, 0.3) is 0 Å². The van der Waals surface area contributed by atoms with E-state index in [1.54, 1.807) is 0 Å². The minimum Gasteiger partial charge on any atom is -0.486 e.